The molecule has 1 N–H and O–H groups in total. The fourth-order valence-electron chi connectivity index (χ4n) is 4.70. The third-order valence-electron chi connectivity index (χ3n) is 6.56. The van der Waals surface area contributed by atoms with Gasteiger partial charge in [-0.2, -0.15) is 0 Å². The van der Waals surface area contributed by atoms with Gasteiger partial charge in [0.25, 0.3) is 0 Å². The first-order valence-corrected chi connectivity index (χ1v) is 11.9. The molecule has 0 radical (unpaired) electrons. The fraction of sp³-hybridized carbons (Fsp3) is 0.321. The second-order valence-corrected chi connectivity index (χ2v) is 9.47. The highest BCUT2D eigenvalue weighted by Gasteiger charge is 2.33. The number of benzene rings is 3. The average molecular weight is 465 g/mol. The molecule has 3 atom stereocenters. The van der Waals surface area contributed by atoms with Gasteiger partial charge in [0.15, 0.2) is 0 Å². The van der Waals surface area contributed by atoms with Gasteiger partial charge in [-0.05, 0) is 60.6 Å². The molecule has 0 spiro atoms. The summed E-state index contributed by atoms with van der Waals surface area (Å²) < 4.78 is 13.9. The van der Waals surface area contributed by atoms with E-state index < -0.39 is 0 Å². The lowest BCUT2D eigenvalue weighted by Crippen LogP contribution is -2.45. The molecule has 0 aromatic heterocycles. The minimum atomic E-state index is -0.200. The zero-order valence-electron chi connectivity index (χ0n) is 19.1. The zero-order chi connectivity index (χ0) is 23.4. The van der Waals surface area contributed by atoms with E-state index in [1.54, 1.807) is 6.92 Å². The smallest absolute Gasteiger partial charge is 0.224 e. The van der Waals surface area contributed by atoms with E-state index in [4.69, 9.17) is 11.6 Å². The molecule has 1 heterocycles. The lowest BCUT2D eigenvalue weighted by Gasteiger charge is -2.38. The summed E-state index contributed by atoms with van der Waals surface area (Å²) in [5.41, 5.74) is 3.84. The van der Waals surface area contributed by atoms with Crippen LogP contribution in [0, 0.1) is 18.7 Å². The third kappa shape index (κ3) is 5.82. The third-order valence-corrected chi connectivity index (χ3v) is 6.93. The Labute approximate surface area is 200 Å². The van der Waals surface area contributed by atoms with Crippen molar-refractivity contribution in [2.45, 2.75) is 38.8 Å². The van der Waals surface area contributed by atoms with Gasteiger partial charge in [0, 0.05) is 24.7 Å². The number of hydrogen-bond acceptors (Lipinski definition) is 2. The number of amides is 1. The number of likely N-dealkylation sites (tertiary alicyclic amines) is 1. The SMILES string of the molecule is Cc1cc([C@H]2C[C@H](C(=O)N[C@@H](C)c3ccccc3)CN(Cc3ccccc3Cl)C2)ccc1F. The van der Waals surface area contributed by atoms with Crippen molar-refractivity contribution in [1.82, 2.24) is 10.2 Å². The molecule has 0 saturated carbocycles. The van der Waals surface area contributed by atoms with Crippen LogP contribution in [-0.4, -0.2) is 23.9 Å². The Kier molecular flexibility index (Phi) is 7.46. The number of carbonyl (C=O) groups is 1. The summed E-state index contributed by atoms with van der Waals surface area (Å²) in [6.45, 7) is 5.94. The fourth-order valence-corrected chi connectivity index (χ4v) is 4.89. The quantitative estimate of drug-likeness (QED) is 0.466. The van der Waals surface area contributed by atoms with Crippen molar-refractivity contribution in [3.05, 3.63) is 106 Å². The second-order valence-electron chi connectivity index (χ2n) is 9.06. The molecule has 0 aliphatic carbocycles. The number of piperidine rings is 1. The summed E-state index contributed by atoms with van der Waals surface area (Å²) in [6, 6.07) is 23.1. The van der Waals surface area contributed by atoms with E-state index in [0.29, 0.717) is 18.7 Å². The molecule has 4 rings (SSSR count). The molecule has 0 unspecified atom stereocenters. The Bertz CT molecular complexity index is 1100. The maximum atomic E-state index is 13.9. The van der Waals surface area contributed by atoms with Crippen LogP contribution < -0.4 is 5.32 Å². The van der Waals surface area contributed by atoms with E-state index in [2.05, 4.69) is 10.2 Å². The van der Waals surface area contributed by atoms with Gasteiger partial charge in [-0.1, -0.05) is 72.3 Å². The monoisotopic (exact) mass is 464 g/mol. The summed E-state index contributed by atoms with van der Waals surface area (Å²) in [4.78, 5) is 15.6. The van der Waals surface area contributed by atoms with Gasteiger partial charge in [-0.3, -0.25) is 9.69 Å². The van der Waals surface area contributed by atoms with Gasteiger partial charge in [0.2, 0.25) is 5.91 Å². The standard InChI is InChI=1S/C28H30ClFN2O/c1-19-14-22(12-13-27(19)30)24-15-25(28(33)31-20(2)21-8-4-3-5-9-21)18-32(17-24)16-23-10-6-7-11-26(23)29/h3-14,20,24-25H,15-18H2,1-2H3,(H,31,33)/t20-,24-,25-/m0/s1. The van der Waals surface area contributed by atoms with Crippen molar-refractivity contribution in [1.29, 1.82) is 0 Å². The largest absolute Gasteiger partial charge is 0.349 e. The summed E-state index contributed by atoms with van der Waals surface area (Å²) in [5.74, 6) is -0.168. The van der Waals surface area contributed by atoms with Gasteiger partial charge in [-0.15, -0.1) is 0 Å². The van der Waals surface area contributed by atoms with Gasteiger partial charge in [0.1, 0.15) is 5.82 Å². The first kappa shape index (κ1) is 23.5. The van der Waals surface area contributed by atoms with E-state index in [0.717, 1.165) is 34.7 Å². The molecule has 3 aromatic carbocycles. The minimum absolute atomic E-state index is 0.0547. The number of carbonyl (C=O) groups excluding carboxylic acids is 1. The Morgan fingerprint density at radius 2 is 1.82 bits per heavy atom. The van der Waals surface area contributed by atoms with Crippen molar-refractivity contribution in [2.24, 2.45) is 5.92 Å². The molecule has 1 aliphatic heterocycles. The number of nitrogens with one attached hydrogen (secondary N) is 1. The number of hydrogen-bond donors (Lipinski definition) is 1. The Hall–Kier alpha value is -2.69. The second kappa shape index (κ2) is 10.5. The van der Waals surface area contributed by atoms with Crippen molar-refractivity contribution in [3.63, 3.8) is 0 Å². The predicted molar refractivity (Wildman–Crippen MR) is 132 cm³/mol. The van der Waals surface area contributed by atoms with Crippen LogP contribution >= 0.6 is 11.6 Å². The van der Waals surface area contributed by atoms with E-state index >= 15 is 0 Å². The number of nitrogens with zero attached hydrogens (tertiary/aromatic N) is 1. The summed E-state index contributed by atoms with van der Waals surface area (Å²) in [7, 11) is 0. The minimum Gasteiger partial charge on any atom is -0.349 e. The molecule has 33 heavy (non-hydrogen) atoms. The molecule has 172 valence electrons. The molecule has 0 bridgehead atoms. The Morgan fingerprint density at radius 1 is 1.09 bits per heavy atom. The molecule has 1 amide bonds. The van der Waals surface area contributed by atoms with Gasteiger partial charge in [-0.25, -0.2) is 4.39 Å². The summed E-state index contributed by atoms with van der Waals surface area (Å²) >= 11 is 6.42. The van der Waals surface area contributed by atoms with Crippen LogP contribution in [0.4, 0.5) is 4.39 Å². The van der Waals surface area contributed by atoms with Crippen LogP contribution in [0.5, 0.6) is 0 Å². The molecule has 3 nitrogen and oxygen atoms in total. The summed E-state index contributed by atoms with van der Waals surface area (Å²) in [6.07, 6.45) is 0.734. The Balaban J connectivity index is 1.55. The molecular formula is C28H30ClFN2O. The van der Waals surface area contributed by atoms with Crippen molar-refractivity contribution in [3.8, 4) is 0 Å². The van der Waals surface area contributed by atoms with E-state index in [-0.39, 0.29) is 29.6 Å². The van der Waals surface area contributed by atoms with Crippen molar-refractivity contribution >= 4 is 17.5 Å². The van der Waals surface area contributed by atoms with Gasteiger partial charge in [0.05, 0.1) is 12.0 Å². The topological polar surface area (TPSA) is 32.3 Å². The zero-order valence-corrected chi connectivity index (χ0v) is 19.9. The lowest BCUT2D eigenvalue weighted by molar-refractivity contribution is -0.127. The highest BCUT2D eigenvalue weighted by molar-refractivity contribution is 6.31. The highest BCUT2D eigenvalue weighted by atomic mass is 35.5. The van der Waals surface area contributed by atoms with Crippen LogP contribution in [0.25, 0.3) is 0 Å². The maximum absolute atomic E-state index is 13.9. The molecule has 3 aromatic rings. The molecule has 5 heteroatoms. The van der Waals surface area contributed by atoms with Crippen LogP contribution in [0.3, 0.4) is 0 Å². The first-order chi connectivity index (χ1) is 15.9. The number of aryl methyl sites for hydroxylation is 1. The van der Waals surface area contributed by atoms with Crippen LogP contribution in [-0.2, 0) is 11.3 Å². The van der Waals surface area contributed by atoms with Crippen LogP contribution in [0.15, 0.2) is 72.8 Å². The van der Waals surface area contributed by atoms with E-state index in [9.17, 15) is 9.18 Å². The lowest BCUT2D eigenvalue weighted by atomic mass is 9.83. The normalized spacial score (nSPS) is 19.8. The number of rotatable bonds is 6. The van der Waals surface area contributed by atoms with Crippen LogP contribution in [0.1, 0.15) is 47.6 Å². The van der Waals surface area contributed by atoms with Crippen LogP contribution in [0.2, 0.25) is 5.02 Å². The van der Waals surface area contributed by atoms with Crippen molar-refractivity contribution < 1.29 is 9.18 Å². The van der Waals surface area contributed by atoms with E-state index in [1.807, 2.05) is 73.7 Å². The molecule has 1 saturated heterocycles. The van der Waals surface area contributed by atoms with Crippen molar-refractivity contribution in [2.75, 3.05) is 13.1 Å². The average Bonchev–Trinajstić information content (AvgIpc) is 2.82. The van der Waals surface area contributed by atoms with E-state index in [1.165, 1.54) is 6.07 Å². The summed E-state index contributed by atoms with van der Waals surface area (Å²) in [5, 5.41) is 3.93. The Morgan fingerprint density at radius 3 is 2.55 bits per heavy atom. The number of halogens is 2. The molecule has 1 aliphatic rings. The maximum Gasteiger partial charge on any atom is 0.224 e. The van der Waals surface area contributed by atoms with Gasteiger partial charge < -0.3 is 5.32 Å². The van der Waals surface area contributed by atoms with Gasteiger partial charge >= 0.3 is 0 Å². The predicted octanol–water partition coefficient (Wildman–Crippen LogP) is 6.27. The molecule has 1 fully saturated rings. The molecular weight excluding hydrogens is 435 g/mol. The highest BCUT2D eigenvalue weighted by Crippen LogP contribution is 2.33. The first-order valence-electron chi connectivity index (χ1n) is 11.5.